The normalized spacial score (nSPS) is 26.5. The van der Waals surface area contributed by atoms with Gasteiger partial charge in [-0.15, -0.1) is 0 Å². The van der Waals surface area contributed by atoms with Crippen LogP contribution >= 0.6 is 12.2 Å². The van der Waals surface area contributed by atoms with Gasteiger partial charge in [0.2, 0.25) is 0 Å². The van der Waals surface area contributed by atoms with Crippen LogP contribution in [-0.2, 0) is 0 Å². The molecule has 3 N–H and O–H groups in total. The van der Waals surface area contributed by atoms with Crippen LogP contribution in [0.5, 0.6) is 0 Å². The van der Waals surface area contributed by atoms with Gasteiger partial charge in [-0.3, -0.25) is 0 Å². The van der Waals surface area contributed by atoms with Crippen LogP contribution in [0.4, 0.5) is 4.79 Å². The van der Waals surface area contributed by atoms with Crippen LogP contribution in [0.3, 0.4) is 0 Å². The van der Waals surface area contributed by atoms with Gasteiger partial charge in [-0.25, -0.2) is 4.79 Å². The zero-order valence-corrected chi connectivity index (χ0v) is 7.86. The van der Waals surface area contributed by atoms with Crippen LogP contribution in [0, 0.1) is 0 Å². The molecule has 4 nitrogen and oxygen atoms in total. The van der Waals surface area contributed by atoms with Crippen LogP contribution in [0.15, 0.2) is 0 Å². The van der Waals surface area contributed by atoms with Gasteiger partial charge >= 0.3 is 6.09 Å². The minimum atomic E-state index is -1.03. The van der Waals surface area contributed by atoms with Crippen LogP contribution < -0.4 is 10.6 Å². The molecule has 1 rings (SSSR count). The van der Waals surface area contributed by atoms with Crippen molar-refractivity contribution in [1.82, 2.24) is 10.6 Å². The van der Waals surface area contributed by atoms with E-state index in [0.717, 1.165) is 0 Å². The van der Waals surface area contributed by atoms with E-state index in [1.807, 2.05) is 13.8 Å². The Kier molecular flexibility index (Phi) is 2.23. The van der Waals surface area contributed by atoms with E-state index in [1.165, 1.54) is 0 Å². The van der Waals surface area contributed by atoms with E-state index in [1.54, 1.807) is 0 Å². The highest BCUT2D eigenvalue weighted by molar-refractivity contribution is 7.80. The molecule has 0 radical (unpaired) electrons. The largest absolute Gasteiger partial charge is 0.465 e. The van der Waals surface area contributed by atoms with Crippen molar-refractivity contribution < 1.29 is 9.90 Å². The Morgan fingerprint density at radius 2 is 2.42 bits per heavy atom. The molecular formula is C7H12N2O2S. The third-order valence-electron chi connectivity index (χ3n) is 1.79. The first kappa shape index (κ1) is 9.25. The summed E-state index contributed by atoms with van der Waals surface area (Å²) >= 11 is 4.97. The number of thiocarbonyl (C=S) groups is 1. The fourth-order valence-electron chi connectivity index (χ4n) is 1.34. The molecular weight excluding hydrogens is 176 g/mol. The Balaban J connectivity index is 2.58. The Morgan fingerprint density at radius 1 is 1.83 bits per heavy atom. The summed E-state index contributed by atoms with van der Waals surface area (Å²) in [5.41, 5.74) is -0.0931. The van der Waals surface area contributed by atoms with Gasteiger partial charge in [0.15, 0.2) is 0 Å². The van der Waals surface area contributed by atoms with Gasteiger partial charge in [-0.05, 0) is 20.3 Å². The maximum Gasteiger partial charge on any atom is 0.405 e. The first-order valence-electron chi connectivity index (χ1n) is 3.72. The van der Waals surface area contributed by atoms with E-state index in [4.69, 9.17) is 17.3 Å². The Morgan fingerprint density at radius 3 is 2.75 bits per heavy atom. The zero-order chi connectivity index (χ0) is 9.35. The van der Waals surface area contributed by atoms with Gasteiger partial charge in [0.05, 0.1) is 11.0 Å². The van der Waals surface area contributed by atoms with Crippen molar-refractivity contribution in [1.29, 1.82) is 0 Å². The Labute approximate surface area is 76.3 Å². The number of carbonyl (C=O) groups is 1. The fourth-order valence-corrected chi connectivity index (χ4v) is 1.76. The molecule has 0 aromatic heterocycles. The topological polar surface area (TPSA) is 61.4 Å². The summed E-state index contributed by atoms with van der Waals surface area (Å²) in [6.45, 7) is 3.98. The van der Waals surface area contributed by atoms with Gasteiger partial charge in [-0.1, -0.05) is 12.2 Å². The molecule has 0 saturated carbocycles. The lowest BCUT2D eigenvalue weighted by atomic mass is 10.0. The van der Waals surface area contributed by atoms with E-state index in [0.29, 0.717) is 11.4 Å². The molecule has 68 valence electrons. The van der Waals surface area contributed by atoms with Gasteiger partial charge in [0, 0.05) is 5.54 Å². The summed E-state index contributed by atoms with van der Waals surface area (Å²) < 4.78 is 0. The molecule has 12 heavy (non-hydrogen) atoms. The van der Waals surface area contributed by atoms with E-state index >= 15 is 0 Å². The number of amides is 1. The summed E-state index contributed by atoms with van der Waals surface area (Å²) in [7, 11) is 0. The minimum Gasteiger partial charge on any atom is -0.465 e. The third-order valence-corrected chi connectivity index (χ3v) is 2.18. The van der Waals surface area contributed by atoms with E-state index in [9.17, 15) is 4.79 Å². The van der Waals surface area contributed by atoms with Crippen molar-refractivity contribution in [2.45, 2.75) is 31.8 Å². The van der Waals surface area contributed by atoms with E-state index < -0.39 is 6.09 Å². The fraction of sp³-hybridized carbons (Fsp3) is 0.714. The number of hydrogen-bond donors (Lipinski definition) is 3. The summed E-state index contributed by atoms with van der Waals surface area (Å²) in [4.78, 5) is 10.9. The maximum absolute atomic E-state index is 10.3. The average Bonchev–Trinajstić information content (AvgIpc) is 2.03. The molecule has 1 heterocycles. The quantitative estimate of drug-likeness (QED) is 0.531. The number of hydrogen-bond acceptors (Lipinski definition) is 2. The Hall–Kier alpha value is -0.840. The number of carboxylic acid groups (broad SMARTS) is 1. The lowest BCUT2D eigenvalue weighted by Crippen LogP contribution is -2.38. The average molecular weight is 188 g/mol. The summed E-state index contributed by atoms with van der Waals surface area (Å²) in [5.74, 6) is 0. The molecule has 1 amide bonds. The lowest BCUT2D eigenvalue weighted by Gasteiger charge is -2.16. The van der Waals surface area contributed by atoms with Gasteiger partial charge in [0.25, 0.3) is 0 Å². The van der Waals surface area contributed by atoms with Crippen molar-refractivity contribution in [3.05, 3.63) is 0 Å². The molecule has 1 aliphatic rings. The highest BCUT2D eigenvalue weighted by Crippen LogP contribution is 2.19. The molecule has 0 aliphatic carbocycles. The molecule has 1 atom stereocenters. The minimum absolute atomic E-state index is 0.0931. The van der Waals surface area contributed by atoms with Gasteiger partial charge in [-0.2, -0.15) is 0 Å². The van der Waals surface area contributed by atoms with Gasteiger partial charge in [0.1, 0.15) is 0 Å². The summed E-state index contributed by atoms with van der Waals surface area (Å²) in [6, 6.07) is -0.229. The molecule has 1 unspecified atom stereocenters. The molecule has 0 spiro atoms. The van der Waals surface area contributed by atoms with Crippen LogP contribution in [0.1, 0.15) is 20.3 Å². The van der Waals surface area contributed by atoms with E-state index in [2.05, 4.69) is 10.6 Å². The summed E-state index contributed by atoms with van der Waals surface area (Å²) in [5, 5.41) is 13.9. The molecule has 0 aromatic rings. The monoisotopic (exact) mass is 188 g/mol. The maximum atomic E-state index is 10.3. The lowest BCUT2D eigenvalue weighted by molar-refractivity contribution is 0.192. The first-order valence-corrected chi connectivity index (χ1v) is 4.13. The van der Waals surface area contributed by atoms with Crippen molar-refractivity contribution in [3.8, 4) is 0 Å². The number of rotatable bonds is 1. The molecule has 0 aromatic carbocycles. The van der Waals surface area contributed by atoms with E-state index in [-0.39, 0.29) is 11.6 Å². The van der Waals surface area contributed by atoms with Gasteiger partial charge < -0.3 is 15.7 Å². The predicted molar refractivity (Wildman–Crippen MR) is 49.4 cm³/mol. The predicted octanol–water partition coefficient (Wildman–Crippen LogP) is 0.722. The van der Waals surface area contributed by atoms with Crippen LogP contribution in [-0.4, -0.2) is 27.8 Å². The second-order valence-corrected chi connectivity index (χ2v) is 4.02. The SMILES string of the molecule is CC1(C)CC(NC(=O)O)C(=S)N1. The Bertz CT molecular complexity index is 227. The standard InChI is InChI=1S/C7H12N2O2S/c1-7(2)3-4(5(12)9-7)8-6(10)11/h4,8H,3H2,1-2H3,(H,9,12)(H,10,11). The summed E-state index contributed by atoms with van der Waals surface area (Å²) in [6.07, 6.45) is -0.320. The molecule has 5 heteroatoms. The van der Waals surface area contributed by atoms with Crippen LogP contribution in [0.2, 0.25) is 0 Å². The van der Waals surface area contributed by atoms with Crippen LogP contribution in [0.25, 0.3) is 0 Å². The molecule has 1 saturated heterocycles. The first-order chi connectivity index (χ1) is 5.41. The van der Waals surface area contributed by atoms with Crippen molar-refractivity contribution >= 4 is 23.3 Å². The smallest absolute Gasteiger partial charge is 0.405 e. The zero-order valence-electron chi connectivity index (χ0n) is 7.05. The second kappa shape index (κ2) is 2.90. The highest BCUT2D eigenvalue weighted by Gasteiger charge is 2.35. The third kappa shape index (κ3) is 2.07. The highest BCUT2D eigenvalue weighted by atomic mass is 32.1. The second-order valence-electron chi connectivity index (χ2n) is 3.58. The molecule has 0 bridgehead atoms. The number of nitrogens with one attached hydrogen (secondary N) is 2. The molecule has 1 aliphatic heterocycles. The van der Waals surface area contributed by atoms with Crippen molar-refractivity contribution in [2.24, 2.45) is 0 Å². The van der Waals surface area contributed by atoms with Crippen molar-refractivity contribution in [2.75, 3.05) is 0 Å². The van der Waals surface area contributed by atoms with Crippen molar-refractivity contribution in [3.63, 3.8) is 0 Å². The molecule has 1 fully saturated rings.